The van der Waals surface area contributed by atoms with Crippen LogP contribution in [0.1, 0.15) is 17.5 Å². The van der Waals surface area contributed by atoms with Gasteiger partial charge in [0.15, 0.2) is 0 Å². The largest absolute Gasteiger partial charge is 0.354 e. The number of carbonyl (C=O) groups is 1. The van der Waals surface area contributed by atoms with Gasteiger partial charge in [0.25, 0.3) is 0 Å². The number of nitrogens with one attached hydrogen (secondary N) is 1. The standard InChI is InChI=1S/C13H18F2N2O/c1-9-2-4-10(5-3-9)6-7-17-13(18)11(16)8-12(14)15/h2-5,11-12H,6-8,16H2,1H3,(H,17,18)/t11-/m0/s1. The first-order valence-corrected chi connectivity index (χ1v) is 5.86. The Balaban J connectivity index is 2.29. The smallest absolute Gasteiger partial charge is 0.240 e. The van der Waals surface area contributed by atoms with E-state index in [0.717, 1.165) is 5.56 Å². The summed E-state index contributed by atoms with van der Waals surface area (Å²) >= 11 is 0. The lowest BCUT2D eigenvalue weighted by Gasteiger charge is -2.11. The van der Waals surface area contributed by atoms with Crippen molar-refractivity contribution in [2.45, 2.75) is 32.2 Å². The average molecular weight is 256 g/mol. The van der Waals surface area contributed by atoms with Crippen molar-refractivity contribution in [1.82, 2.24) is 5.32 Å². The molecule has 1 aromatic rings. The minimum atomic E-state index is -2.55. The molecule has 1 amide bonds. The maximum Gasteiger partial charge on any atom is 0.240 e. The van der Waals surface area contributed by atoms with Gasteiger partial charge in [-0.2, -0.15) is 0 Å². The molecule has 0 radical (unpaired) electrons. The fraction of sp³-hybridized carbons (Fsp3) is 0.462. The molecule has 1 atom stereocenters. The second-order valence-corrected chi connectivity index (χ2v) is 4.26. The lowest BCUT2D eigenvalue weighted by Crippen LogP contribution is -2.42. The predicted molar refractivity (Wildman–Crippen MR) is 66.5 cm³/mol. The molecule has 0 aliphatic rings. The van der Waals surface area contributed by atoms with Crippen LogP contribution in [0.5, 0.6) is 0 Å². The minimum Gasteiger partial charge on any atom is -0.354 e. The Morgan fingerprint density at radius 1 is 1.33 bits per heavy atom. The molecular weight excluding hydrogens is 238 g/mol. The molecule has 1 rings (SSSR count). The molecule has 0 fully saturated rings. The molecule has 3 nitrogen and oxygen atoms in total. The summed E-state index contributed by atoms with van der Waals surface area (Å²) in [6, 6.07) is 6.78. The third-order valence-corrected chi connectivity index (χ3v) is 2.60. The highest BCUT2D eigenvalue weighted by molar-refractivity contribution is 5.81. The van der Waals surface area contributed by atoms with Gasteiger partial charge in [-0.25, -0.2) is 8.78 Å². The first-order chi connectivity index (χ1) is 8.49. The van der Waals surface area contributed by atoms with Gasteiger partial charge in [-0.05, 0) is 18.9 Å². The maximum absolute atomic E-state index is 12.0. The molecule has 1 aromatic carbocycles. The SMILES string of the molecule is Cc1ccc(CCNC(=O)[C@@H](N)CC(F)F)cc1. The maximum atomic E-state index is 12.0. The number of amides is 1. The summed E-state index contributed by atoms with van der Waals surface area (Å²) < 4.78 is 24.0. The molecule has 0 saturated heterocycles. The average Bonchev–Trinajstić information content (AvgIpc) is 2.30. The van der Waals surface area contributed by atoms with Crippen LogP contribution in [0.2, 0.25) is 0 Å². The Bertz CT molecular complexity index is 379. The van der Waals surface area contributed by atoms with Crippen LogP contribution < -0.4 is 11.1 Å². The van der Waals surface area contributed by atoms with E-state index in [9.17, 15) is 13.6 Å². The van der Waals surface area contributed by atoms with Crippen LogP contribution in [0.3, 0.4) is 0 Å². The quantitative estimate of drug-likeness (QED) is 0.813. The van der Waals surface area contributed by atoms with Crippen molar-refractivity contribution >= 4 is 5.91 Å². The monoisotopic (exact) mass is 256 g/mol. The Labute approximate surface area is 105 Å². The van der Waals surface area contributed by atoms with Crippen molar-refractivity contribution in [2.75, 3.05) is 6.54 Å². The number of hydrogen-bond acceptors (Lipinski definition) is 2. The summed E-state index contributed by atoms with van der Waals surface area (Å²) in [4.78, 5) is 11.4. The van der Waals surface area contributed by atoms with Crippen LogP contribution >= 0.6 is 0 Å². The molecule has 0 spiro atoms. The van der Waals surface area contributed by atoms with Crippen molar-refractivity contribution in [3.05, 3.63) is 35.4 Å². The van der Waals surface area contributed by atoms with Gasteiger partial charge >= 0.3 is 0 Å². The highest BCUT2D eigenvalue weighted by Gasteiger charge is 2.17. The molecule has 0 bridgehead atoms. The zero-order valence-corrected chi connectivity index (χ0v) is 10.3. The number of aryl methyl sites for hydroxylation is 1. The summed E-state index contributed by atoms with van der Waals surface area (Å²) in [5.74, 6) is -0.526. The van der Waals surface area contributed by atoms with E-state index in [1.165, 1.54) is 5.56 Å². The van der Waals surface area contributed by atoms with Crippen molar-refractivity contribution in [2.24, 2.45) is 5.73 Å². The first kappa shape index (κ1) is 14.6. The van der Waals surface area contributed by atoms with E-state index in [1.807, 2.05) is 31.2 Å². The fourth-order valence-corrected chi connectivity index (χ4v) is 1.51. The van der Waals surface area contributed by atoms with Gasteiger partial charge in [0, 0.05) is 13.0 Å². The molecule has 100 valence electrons. The van der Waals surface area contributed by atoms with Crippen molar-refractivity contribution in [3.63, 3.8) is 0 Å². The van der Waals surface area contributed by atoms with Crippen LogP contribution in [0.15, 0.2) is 24.3 Å². The summed E-state index contributed by atoms with van der Waals surface area (Å²) in [5.41, 5.74) is 7.58. The van der Waals surface area contributed by atoms with E-state index >= 15 is 0 Å². The molecule has 18 heavy (non-hydrogen) atoms. The van der Waals surface area contributed by atoms with E-state index in [4.69, 9.17) is 5.73 Å². The fourth-order valence-electron chi connectivity index (χ4n) is 1.51. The molecular formula is C13H18F2N2O. The van der Waals surface area contributed by atoms with E-state index < -0.39 is 24.8 Å². The van der Waals surface area contributed by atoms with E-state index in [-0.39, 0.29) is 0 Å². The molecule has 0 unspecified atom stereocenters. The minimum absolute atomic E-state index is 0.402. The summed E-state index contributed by atoms with van der Waals surface area (Å²) in [6.07, 6.45) is -2.49. The van der Waals surface area contributed by atoms with Gasteiger partial charge in [-0.1, -0.05) is 29.8 Å². The van der Waals surface area contributed by atoms with E-state index in [0.29, 0.717) is 13.0 Å². The van der Waals surface area contributed by atoms with Crippen molar-refractivity contribution in [3.8, 4) is 0 Å². The van der Waals surface area contributed by atoms with Gasteiger partial charge in [-0.3, -0.25) is 4.79 Å². The molecule has 3 N–H and O–H groups in total. The summed E-state index contributed by atoms with van der Waals surface area (Å²) in [5, 5.41) is 2.55. The number of nitrogens with two attached hydrogens (primary N) is 1. The lowest BCUT2D eigenvalue weighted by molar-refractivity contribution is -0.123. The third kappa shape index (κ3) is 5.23. The molecule has 0 aromatic heterocycles. The van der Waals surface area contributed by atoms with Crippen molar-refractivity contribution < 1.29 is 13.6 Å². The number of hydrogen-bond donors (Lipinski definition) is 2. The van der Waals surface area contributed by atoms with Gasteiger partial charge in [0.05, 0.1) is 6.04 Å². The van der Waals surface area contributed by atoms with E-state index in [1.54, 1.807) is 0 Å². The number of benzene rings is 1. The highest BCUT2D eigenvalue weighted by atomic mass is 19.3. The van der Waals surface area contributed by atoms with E-state index in [2.05, 4.69) is 5.32 Å². The second-order valence-electron chi connectivity index (χ2n) is 4.26. The zero-order chi connectivity index (χ0) is 13.5. The molecule has 0 aliphatic heterocycles. The number of alkyl halides is 2. The van der Waals surface area contributed by atoms with Gasteiger partial charge < -0.3 is 11.1 Å². The summed E-state index contributed by atoms with van der Waals surface area (Å²) in [7, 11) is 0. The molecule has 5 heteroatoms. The Morgan fingerprint density at radius 3 is 2.50 bits per heavy atom. The summed E-state index contributed by atoms with van der Waals surface area (Å²) in [6.45, 7) is 2.40. The Morgan fingerprint density at radius 2 is 1.94 bits per heavy atom. The van der Waals surface area contributed by atoms with Gasteiger partial charge in [0.2, 0.25) is 12.3 Å². The van der Waals surface area contributed by atoms with Gasteiger partial charge in [-0.15, -0.1) is 0 Å². The van der Waals surface area contributed by atoms with Gasteiger partial charge in [0.1, 0.15) is 0 Å². The molecule has 0 heterocycles. The number of carbonyl (C=O) groups excluding carboxylic acids is 1. The topological polar surface area (TPSA) is 55.1 Å². The number of halogens is 2. The van der Waals surface area contributed by atoms with Crippen LogP contribution in [0, 0.1) is 6.92 Å². The predicted octanol–water partition coefficient (Wildman–Crippen LogP) is 1.64. The van der Waals surface area contributed by atoms with Crippen LogP contribution in [-0.4, -0.2) is 24.9 Å². The number of rotatable bonds is 6. The lowest BCUT2D eigenvalue weighted by atomic mass is 10.1. The van der Waals surface area contributed by atoms with Crippen LogP contribution in [0.25, 0.3) is 0 Å². The Kier molecular flexibility index (Phi) is 5.71. The zero-order valence-electron chi connectivity index (χ0n) is 10.3. The second kappa shape index (κ2) is 7.06. The Hall–Kier alpha value is -1.49. The normalized spacial score (nSPS) is 12.5. The van der Waals surface area contributed by atoms with Crippen molar-refractivity contribution in [1.29, 1.82) is 0 Å². The van der Waals surface area contributed by atoms with Crippen LogP contribution in [-0.2, 0) is 11.2 Å². The molecule has 0 saturated carbocycles. The first-order valence-electron chi connectivity index (χ1n) is 5.86. The molecule has 0 aliphatic carbocycles. The van der Waals surface area contributed by atoms with Crippen LogP contribution in [0.4, 0.5) is 8.78 Å². The third-order valence-electron chi connectivity index (χ3n) is 2.60. The highest BCUT2D eigenvalue weighted by Crippen LogP contribution is 2.04.